The molecule has 3 aliphatic carbocycles. The molecule has 0 amide bonds. The first-order valence-electron chi connectivity index (χ1n) is 9.17. The second-order valence-electron chi connectivity index (χ2n) is 8.25. The van der Waals surface area contributed by atoms with E-state index in [2.05, 4.69) is 25.3 Å². The molecule has 0 aromatic rings. The van der Waals surface area contributed by atoms with Crippen LogP contribution in [0.15, 0.2) is 11.5 Å². The van der Waals surface area contributed by atoms with E-state index < -0.39 is 0 Å². The van der Waals surface area contributed by atoms with Gasteiger partial charge in [0.25, 0.3) is 0 Å². The molecule has 3 heteroatoms. The molecule has 0 saturated heterocycles. The molecular formula is C19H32O2S. The Balaban J connectivity index is 1.56. The first kappa shape index (κ1) is 16.9. The molecule has 0 aromatic heterocycles. The molecule has 0 aromatic carbocycles. The van der Waals surface area contributed by atoms with E-state index in [1.54, 1.807) is 0 Å². The van der Waals surface area contributed by atoms with Crippen molar-refractivity contribution in [1.82, 2.24) is 0 Å². The standard InChI is InChI=1S/C19H32O2S/c1-13-5-6-18-14(4-3-8-19(13,18)2)7-9-22-17-11-15(20)10-16(21)12-17/h7,9,13-18,20-21H,3-6,8,10-12H2,1-2H3. The van der Waals surface area contributed by atoms with Crippen LogP contribution in [0.2, 0.25) is 0 Å². The summed E-state index contributed by atoms with van der Waals surface area (Å²) in [4.78, 5) is 0. The van der Waals surface area contributed by atoms with Crippen LogP contribution in [-0.2, 0) is 0 Å². The van der Waals surface area contributed by atoms with Gasteiger partial charge in [0.05, 0.1) is 12.2 Å². The summed E-state index contributed by atoms with van der Waals surface area (Å²) >= 11 is 1.83. The first-order valence-corrected chi connectivity index (χ1v) is 10.1. The minimum atomic E-state index is -0.316. The smallest absolute Gasteiger partial charge is 0.0575 e. The molecule has 0 radical (unpaired) electrons. The van der Waals surface area contributed by atoms with Gasteiger partial charge in [-0.05, 0) is 73.5 Å². The maximum Gasteiger partial charge on any atom is 0.0575 e. The van der Waals surface area contributed by atoms with Crippen LogP contribution in [-0.4, -0.2) is 27.7 Å². The molecule has 126 valence electrons. The fraction of sp³-hybridized carbons (Fsp3) is 0.895. The molecule has 6 atom stereocenters. The monoisotopic (exact) mass is 324 g/mol. The Morgan fingerprint density at radius 3 is 2.50 bits per heavy atom. The molecular weight excluding hydrogens is 292 g/mol. The summed E-state index contributed by atoms with van der Waals surface area (Å²) in [6.45, 7) is 4.97. The van der Waals surface area contributed by atoms with E-state index in [1.807, 2.05) is 11.8 Å². The Hall–Kier alpha value is 0.01000. The molecule has 2 nitrogen and oxygen atoms in total. The molecule has 6 unspecified atom stereocenters. The molecule has 0 spiro atoms. The van der Waals surface area contributed by atoms with Gasteiger partial charge in [-0.25, -0.2) is 0 Å². The molecule has 3 saturated carbocycles. The maximum atomic E-state index is 9.79. The highest BCUT2D eigenvalue weighted by Crippen LogP contribution is 2.57. The third kappa shape index (κ3) is 3.42. The Bertz CT molecular complexity index is 400. The van der Waals surface area contributed by atoms with Crippen molar-refractivity contribution in [3.63, 3.8) is 0 Å². The van der Waals surface area contributed by atoms with Crippen molar-refractivity contribution in [2.45, 2.75) is 82.7 Å². The lowest BCUT2D eigenvalue weighted by atomic mass is 9.62. The number of thioether (sulfide) groups is 1. The van der Waals surface area contributed by atoms with E-state index in [9.17, 15) is 10.2 Å². The van der Waals surface area contributed by atoms with Gasteiger partial charge in [-0.3, -0.25) is 0 Å². The summed E-state index contributed by atoms with van der Waals surface area (Å²) in [6, 6.07) is 0. The quantitative estimate of drug-likeness (QED) is 0.810. The van der Waals surface area contributed by atoms with Crippen LogP contribution in [0.1, 0.15) is 65.2 Å². The van der Waals surface area contributed by atoms with Crippen LogP contribution in [0.4, 0.5) is 0 Å². The van der Waals surface area contributed by atoms with E-state index in [0.717, 1.165) is 30.6 Å². The largest absolute Gasteiger partial charge is 0.393 e. The van der Waals surface area contributed by atoms with Crippen molar-refractivity contribution < 1.29 is 10.2 Å². The van der Waals surface area contributed by atoms with Crippen molar-refractivity contribution in [1.29, 1.82) is 0 Å². The van der Waals surface area contributed by atoms with Gasteiger partial charge in [0, 0.05) is 5.25 Å². The van der Waals surface area contributed by atoms with Crippen molar-refractivity contribution in [2.75, 3.05) is 0 Å². The van der Waals surface area contributed by atoms with Gasteiger partial charge in [-0.1, -0.05) is 26.3 Å². The average Bonchev–Trinajstić information content (AvgIpc) is 2.74. The number of hydrogen-bond donors (Lipinski definition) is 2. The van der Waals surface area contributed by atoms with Crippen LogP contribution in [0.5, 0.6) is 0 Å². The van der Waals surface area contributed by atoms with Gasteiger partial charge >= 0.3 is 0 Å². The normalized spacial score (nSPS) is 49.5. The molecule has 2 N–H and O–H groups in total. The maximum absolute atomic E-state index is 9.79. The predicted molar refractivity (Wildman–Crippen MR) is 93.7 cm³/mol. The molecule has 3 rings (SSSR count). The van der Waals surface area contributed by atoms with Gasteiger partial charge < -0.3 is 10.2 Å². The molecule has 22 heavy (non-hydrogen) atoms. The Morgan fingerprint density at radius 1 is 1.05 bits per heavy atom. The summed E-state index contributed by atoms with van der Waals surface area (Å²) in [5, 5.41) is 22.2. The van der Waals surface area contributed by atoms with Crippen LogP contribution < -0.4 is 0 Å². The summed E-state index contributed by atoms with van der Waals surface area (Å²) < 4.78 is 0. The lowest BCUT2D eigenvalue weighted by Gasteiger charge is -2.43. The SMILES string of the molecule is CC1CCC2C(C=CSC3CC(O)CC(O)C3)CCCC12C. The van der Waals surface area contributed by atoms with Crippen LogP contribution >= 0.6 is 11.8 Å². The van der Waals surface area contributed by atoms with Gasteiger partial charge in [0.2, 0.25) is 0 Å². The highest BCUT2D eigenvalue weighted by atomic mass is 32.2. The van der Waals surface area contributed by atoms with Crippen molar-refractivity contribution in [3.05, 3.63) is 11.5 Å². The topological polar surface area (TPSA) is 40.5 Å². The molecule has 0 heterocycles. The van der Waals surface area contributed by atoms with E-state index in [1.165, 1.54) is 32.1 Å². The van der Waals surface area contributed by atoms with Crippen LogP contribution in [0.25, 0.3) is 0 Å². The lowest BCUT2D eigenvalue weighted by molar-refractivity contribution is 0.0437. The fourth-order valence-corrected chi connectivity index (χ4v) is 6.50. The third-order valence-electron chi connectivity index (χ3n) is 6.86. The second-order valence-corrected chi connectivity index (χ2v) is 9.46. The van der Waals surface area contributed by atoms with Crippen molar-refractivity contribution >= 4 is 11.8 Å². The summed E-state index contributed by atoms with van der Waals surface area (Å²) in [6.07, 6.45) is 11.0. The van der Waals surface area contributed by atoms with E-state index in [-0.39, 0.29) is 12.2 Å². The number of hydrogen-bond acceptors (Lipinski definition) is 3. The van der Waals surface area contributed by atoms with Gasteiger partial charge in [-0.15, -0.1) is 11.8 Å². The average molecular weight is 325 g/mol. The van der Waals surface area contributed by atoms with Crippen molar-refractivity contribution in [2.24, 2.45) is 23.2 Å². The van der Waals surface area contributed by atoms with E-state index in [0.29, 0.717) is 17.1 Å². The number of aliphatic hydroxyl groups excluding tert-OH is 2. The summed E-state index contributed by atoms with van der Waals surface area (Å²) in [5.41, 5.74) is 0.565. The van der Waals surface area contributed by atoms with E-state index >= 15 is 0 Å². The molecule has 3 fully saturated rings. The van der Waals surface area contributed by atoms with Crippen LogP contribution in [0.3, 0.4) is 0 Å². The number of aliphatic hydroxyl groups is 2. The Morgan fingerprint density at radius 2 is 1.77 bits per heavy atom. The van der Waals surface area contributed by atoms with Gasteiger partial charge in [-0.2, -0.15) is 0 Å². The van der Waals surface area contributed by atoms with Gasteiger partial charge in [0.1, 0.15) is 0 Å². The third-order valence-corrected chi connectivity index (χ3v) is 7.95. The summed E-state index contributed by atoms with van der Waals surface area (Å²) in [5.74, 6) is 2.50. The predicted octanol–water partition coefficient (Wildman–Crippen LogP) is 4.36. The summed E-state index contributed by atoms with van der Waals surface area (Å²) in [7, 11) is 0. The Kier molecular flexibility index (Phi) is 5.26. The zero-order chi connectivity index (χ0) is 15.7. The van der Waals surface area contributed by atoms with E-state index in [4.69, 9.17) is 0 Å². The lowest BCUT2D eigenvalue weighted by Crippen LogP contribution is -2.35. The Labute approximate surface area is 139 Å². The first-order chi connectivity index (χ1) is 10.5. The zero-order valence-electron chi connectivity index (χ0n) is 14.1. The number of rotatable bonds is 3. The highest BCUT2D eigenvalue weighted by molar-refractivity contribution is 8.02. The number of fused-ring (bicyclic) bond motifs is 1. The number of allylic oxidation sites excluding steroid dienone is 1. The van der Waals surface area contributed by atoms with Gasteiger partial charge in [0.15, 0.2) is 0 Å². The fourth-order valence-electron chi connectivity index (χ4n) is 5.32. The molecule has 0 bridgehead atoms. The van der Waals surface area contributed by atoms with Crippen LogP contribution in [0, 0.1) is 23.2 Å². The molecule has 0 aliphatic heterocycles. The minimum Gasteiger partial charge on any atom is -0.393 e. The second kappa shape index (κ2) is 6.86. The van der Waals surface area contributed by atoms with Crippen molar-refractivity contribution in [3.8, 4) is 0 Å². The zero-order valence-corrected chi connectivity index (χ0v) is 14.9. The molecule has 3 aliphatic rings. The highest BCUT2D eigenvalue weighted by Gasteiger charge is 2.48. The minimum absolute atomic E-state index is 0.316.